The molecular formula is C14H20N2O4. The summed E-state index contributed by atoms with van der Waals surface area (Å²) in [5.74, 6) is -0.913. The Morgan fingerprint density at radius 1 is 1.35 bits per heavy atom. The van der Waals surface area contributed by atoms with Gasteiger partial charge in [0.1, 0.15) is 17.1 Å². The van der Waals surface area contributed by atoms with Gasteiger partial charge >= 0.3 is 0 Å². The topological polar surface area (TPSA) is 82.0 Å². The Labute approximate surface area is 118 Å². The molecule has 3 N–H and O–H groups in total. The molecule has 0 aliphatic carbocycles. The van der Waals surface area contributed by atoms with Crippen LogP contribution in [0.15, 0.2) is 18.2 Å². The average molecular weight is 280 g/mol. The Kier molecular flexibility index (Phi) is 4.81. The molecule has 6 nitrogen and oxygen atoms in total. The van der Waals surface area contributed by atoms with Crippen molar-refractivity contribution in [1.29, 1.82) is 0 Å². The lowest BCUT2D eigenvalue weighted by Gasteiger charge is -2.29. The van der Waals surface area contributed by atoms with E-state index in [1.54, 1.807) is 0 Å². The second-order valence-electron chi connectivity index (χ2n) is 4.96. The molecule has 6 heteroatoms. The maximum atomic E-state index is 12.1. The predicted octanol–water partition coefficient (Wildman–Crippen LogP) is 0.548. The number of amides is 1. The van der Waals surface area contributed by atoms with E-state index in [0.29, 0.717) is 19.8 Å². The number of carbonyl (C=O) groups excluding carboxylic acids is 1. The minimum Gasteiger partial charge on any atom is -0.507 e. The summed E-state index contributed by atoms with van der Waals surface area (Å²) in [5.41, 5.74) is -0.0821. The van der Waals surface area contributed by atoms with Crippen LogP contribution in [0.1, 0.15) is 17.3 Å². The minimum atomic E-state index is -0.471. The first-order valence-corrected chi connectivity index (χ1v) is 6.70. The summed E-state index contributed by atoms with van der Waals surface area (Å²) in [6.45, 7) is 5.72. The summed E-state index contributed by atoms with van der Waals surface area (Å²) in [4.78, 5) is 14.3. The van der Waals surface area contributed by atoms with Crippen LogP contribution in [-0.4, -0.2) is 59.9 Å². The fraction of sp³-hybridized carbons (Fsp3) is 0.500. The maximum Gasteiger partial charge on any atom is 0.259 e. The molecule has 1 amide bonds. The molecule has 0 bridgehead atoms. The molecule has 20 heavy (non-hydrogen) atoms. The lowest BCUT2D eigenvalue weighted by atomic mass is 10.1. The van der Waals surface area contributed by atoms with Gasteiger partial charge in [-0.05, 0) is 19.1 Å². The number of phenols is 2. The van der Waals surface area contributed by atoms with Gasteiger partial charge in [0.2, 0.25) is 0 Å². The Balaban J connectivity index is 1.93. The standard InChI is InChI=1S/C14H20N2O4/c1-10(9-16-5-7-20-8-6-16)15-14(19)13-11(17)3-2-4-12(13)18/h2-4,10,17-18H,5-9H2,1H3,(H,15,19). The molecule has 1 aliphatic rings. The zero-order chi connectivity index (χ0) is 14.5. The number of phenolic OH excluding ortho intramolecular Hbond substituents is 2. The molecule has 1 unspecified atom stereocenters. The van der Waals surface area contributed by atoms with Crippen molar-refractivity contribution in [3.05, 3.63) is 23.8 Å². The van der Waals surface area contributed by atoms with E-state index in [0.717, 1.165) is 13.1 Å². The number of benzene rings is 1. The van der Waals surface area contributed by atoms with Crippen LogP contribution in [-0.2, 0) is 4.74 Å². The maximum absolute atomic E-state index is 12.1. The number of hydrogen-bond donors (Lipinski definition) is 3. The minimum absolute atomic E-state index is 0.0821. The van der Waals surface area contributed by atoms with Gasteiger partial charge in [-0.1, -0.05) is 6.07 Å². The van der Waals surface area contributed by atoms with Crippen molar-refractivity contribution < 1.29 is 19.7 Å². The second kappa shape index (κ2) is 6.58. The molecular weight excluding hydrogens is 260 g/mol. The van der Waals surface area contributed by atoms with E-state index in [4.69, 9.17) is 4.74 Å². The Hall–Kier alpha value is -1.79. The van der Waals surface area contributed by atoms with Gasteiger partial charge in [0, 0.05) is 25.7 Å². The number of carbonyl (C=O) groups is 1. The van der Waals surface area contributed by atoms with Crippen LogP contribution in [0.5, 0.6) is 11.5 Å². The Morgan fingerprint density at radius 2 is 1.95 bits per heavy atom. The third kappa shape index (κ3) is 3.61. The Morgan fingerprint density at radius 3 is 2.55 bits per heavy atom. The van der Waals surface area contributed by atoms with Crippen LogP contribution in [0.2, 0.25) is 0 Å². The zero-order valence-electron chi connectivity index (χ0n) is 11.5. The van der Waals surface area contributed by atoms with Gasteiger partial charge in [0.25, 0.3) is 5.91 Å². The van der Waals surface area contributed by atoms with E-state index in [2.05, 4.69) is 10.2 Å². The van der Waals surface area contributed by atoms with E-state index in [1.165, 1.54) is 18.2 Å². The van der Waals surface area contributed by atoms with Crippen molar-refractivity contribution in [2.75, 3.05) is 32.8 Å². The van der Waals surface area contributed by atoms with Gasteiger partial charge in [-0.25, -0.2) is 0 Å². The number of morpholine rings is 1. The highest BCUT2D eigenvalue weighted by molar-refractivity contribution is 5.99. The smallest absolute Gasteiger partial charge is 0.259 e. The molecule has 0 saturated carbocycles. The van der Waals surface area contributed by atoms with Crippen molar-refractivity contribution >= 4 is 5.91 Å². The van der Waals surface area contributed by atoms with E-state index in [9.17, 15) is 15.0 Å². The average Bonchev–Trinajstić information content (AvgIpc) is 2.39. The van der Waals surface area contributed by atoms with Gasteiger partial charge in [-0.3, -0.25) is 9.69 Å². The van der Waals surface area contributed by atoms with Gasteiger partial charge in [-0.2, -0.15) is 0 Å². The summed E-state index contributed by atoms with van der Waals surface area (Å²) in [6.07, 6.45) is 0. The second-order valence-corrected chi connectivity index (χ2v) is 4.96. The lowest BCUT2D eigenvalue weighted by Crippen LogP contribution is -2.46. The highest BCUT2D eigenvalue weighted by Gasteiger charge is 2.19. The highest BCUT2D eigenvalue weighted by atomic mass is 16.5. The summed E-state index contributed by atoms with van der Waals surface area (Å²) >= 11 is 0. The van der Waals surface area contributed by atoms with E-state index < -0.39 is 5.91 Å². The van der Waals surface area contributed by atoms with Crippen molar-refractivity contribution in [3.8, 4) is 11.5 Å². The van der Waals surface area contributed by atoms with Crippen LogP contribution in [0.3, 0.4) is 0 Å². The van der Waals surface area contributed by atoms with Crippen molar-refractivity contribution in [3.63, 3.8) is 0 Å². The molecule has 1 saturated heterocycles. The van der Waals surface area contributed by atoms with Crippen LogP contribution in [0.25, 0.3) is 0 Å². The largest absolute Gasteiger partial charge is 0.507 e. The number of hydrogen-bond acceptors (Lipinski definition) is 5. The van der Waals surface area contributed by atoms with Crippen LogP contribution in [0, 0.1) is 0 Å². The van der Waals surface area contributed by atoms with Crippen LogP contribution < -0.4 is 5.32 Å². The molecule has 0 spiro atoms. The molecule has 2 rings (SSSR count). The Bertz CT molecular complexity index is 452. The number of nitrogens with one attached hydrogen (secondary N) is 1. The zero-order valence-corrected chi connectivity index (χ0v) is 11.5. The van der Waals surface area contributed by atoms with E-state index in [1.807, 2.05) is 6.92 Å². The van der Waals surface area contributed by atoms with Crippen LogP contribution in [0.4, 0.5) is 0 Å². The molecule has 1 atom stereocenters. The number of rotatable bonds is 4. The molecule has 1 aliphatic heterocycles. The molecule has 110 valence electrons. The fourth-order valence-corrected chi connectivity index (χ4v) is 2.27. The predicted molar refractivity (Wildman–Crippen MR) is 74.0 cm³/mol. The number of nitrogens with zero attached hydrogens (tertiary/aromatic N) is 1. The number of aromatic hydroxyl groups is 2. The van der Waals surface area contributed by atoms with Crippen molar-refractivity contribution in [2.45, 2.75) is 13.0 Å². The number of ether oxygens (including phenoxy) is 1. The first-order chi connectivity index (χ1) is 9.58. The first-order valence-electron chi connectivity index (χ1n) is 6.70. The highest BCUT2D eigenvalue weighted by Crippen LogP contribution is 2.25. The summed E-state index contributed by atoms with van der Waals surface area (Å²) in [7, 11) is 0. The summed E-state index contributed by atoms with van der Waals surface area (Å²) in [5, 5.41) is 22.1. The summed E-state index contributed by atoms with van der Waals surface area (Å²) in [6, 6.07) is 4.15. The normalized spacial score (nSPS) is 17.6. The molecule has 1 fully saturated rings. The van der Waals surface area contributed by atoms with Gasteiger partial charge in [0.05, 0.1) is 13.2 Å². The van der Waals surface area contributed by atoms with Gasteiger partial charge in [-0.15, -0.1) is 0 Å². The van der Waals surface area contributed by atoms with Crippen molar-refractivity contribution in [1.82, 2.24) is 10.2 Å². The molecule has 0 aromatic heterocycles. The van der Waals surface area contributed by atoms with E-state index >= 15 is 0 Å². The first kappa shape index (κ1) is 14.6. The third-order valence-electron chi connectivity index (χ3n) is 3.26. The van der Waals surface area contributed by atoms with Gasteiger partial charge in [0.15, 0.2) is 0 Å². The fourth-order valence-electron chi connectivity index (χ4n) is 2.27. The molecule has 1 heterocycles. The molecule has 1 aromatic carbocycles. The van der Waals surface area contributed by atoms with Crippen LogP contribution >= 0.6 is 0 Å². The van der Waals surface area contributed by atoms with E-state index in [-0.39, 0.29) is 23.1 Å². The lowest BCUT2D eigenvalue weighted by molar-refractivity contribution is 0.0342. The summed E-state index contributed by atoms with van der Waals surface area (Å²) < 4.78 is 5.27. The quantitative estimate of drug-likeness (QED) is 0.750. The third-order valence-corrected chi connectivity index (χ3v) is 3.26. The SMILES string of the molecule is CC(CN1CCOCC1)NC(=O)c1c(O)cccc1O. The molecule has 0 radical (unpaired) electrons. The monoisotopic (exact) mass is 280 g/mol. The van der Waals surface area contributed by atoms with Crippen molar-refractivity contribution in [2.24, 2.45) is 0 Å². The van der Waals surface area contributed by atoms with Gasteiger partial charge < -0.3 is 20.3 Å². The molecule has 1 aromatic rings.